The van der Waals surface area contributed by atoms with E-state index in [4.69, 9.17) is 0 Å². The van der Waals surface area contributed by atoms with Gasteiger partial charge < -0.3 is 24.8 Å². The molecule has 16 heavy (non-hydrogen) atoms. The second-order valence-corrected chi connectivity index (χ2v) is 9.70. The molecular formula is C12H15Cl2SiZr. The Kier molecular flexibility index (Phi) is 8.32. The molecule has 85 valence electrons. The first-order valence-corrected chi connectivity index (χ1v) is 8.23. The largest absolute Gasteiger partial charge is 3.00 e. The van der Waals surface area contributed by atoms with Crippen molar-refractivity contribution in [3.05, 3.63) is 36.4 Å². The smallest absolute Gasteiger partial charge is 1.00 e. The second kappa shape index (κ2) is 7.06. The van der Waals surface area contributed by atoms with E-state index in [9.17, 15) is 0 Å². The summed E-state index contributed by atoms with van der Waals surface area (Å²) in [7, 11) is -1.12. The van der Waals surface area contributed by atoms with Gasteiger partial charge in [-0.05, 0) is 0 Å². The maximum Gasteiger partial charge on any atom is 3.00 e. The predicted molar refractivity (Wildman–Crippen MR) is 62.5 cm³/mol. The molecule has 0 aliphatic rings. The topological polar surface area (TPSA) is 0 Å². The van der Waals surface area contributed by atoms with E-state index in [2.05, 4.69) is 56.0 Å². The maximum atomic E-state index is 2.39. The Hall–Kier alpha value is 0.510. The summed E-state index contributed by atoms with van der Waals surface area (Å²) in [6.07, 6.45) is 0. The molecule has 0 fully saturated rings. The van der Waals surface area contributed by atoms with Crippen molar-refractivity contribution >= 4 is 24.0 Å². The van der Waals surface area contributed by atoms with E-state index in [1.54, 1.807) is 5.19 Å². The molecule has 0 unspecified atom stereocenters. The standard InChI is InChI=1S/C12H15Si.2ClH.Zr/c1-13(2,3)12-8-10-6-4-5-7-11(10)9-12;;;/h4-9H,1-3H3;2*1H;/q-1;;;+3/p-2. The molecule has 2 rings (SSSR count). The third kappa shape index (κ3) is 4.07. The van der Waals surface area contributed by atoms with Crippen LogP contribution in [0.5, 0.6) is 0 Å². The van der Waals surface area contributed by atoms with Gasteiger partial charge in [0.05, 0.1) is 8.07 Å². The van der Waals surface area contributed by atoms with Gasteiger partial charge in [0.1, 0.15) is 0 Å². The van der Waals surface area contributed by atoms with E-state index in [-0.39, 0.29) is 51.0 Å². The van der Waals surface area contributed by atoms with Crippen molar-refractivity contribution in [3.8, 4) is 0 Å². The van der Waals surface area contributed by atoms with E-state index in [1.165, 1.54) is 10.8 Å². The normalized spacial score (nSPS) is 9.94. The van der Waals surface area contributed by atoms with Crippen LogP contribution in [-0.4, -0.2) is 8.07 Å². The molecule has 4 heteroatoms. The maximum absolute atomic E-state index is 2.39. The van der Waals surface area contributed by atoms with Crippen LogP contribution < -0.4 is 30.0 Å². The average molecular weight is 349 g/mol. The Bertz CT molecular complexity index is 399. The molecule has 0 amide bonds. The van der Waals surface area contributed by atoms with Gasteiger partial charge in [-0.25, -0.2) is 0 Å². The van der Waals surface area contributed by atoms with E-state index in [0.717, 1.165) is 0 Å². The van der Waals surface area contributed by atoms with Crippen LogP contribution in [0.25, 0.3) is 10.8 Å². The molecule has 2 aromatic rings. The van der Waals surface area contributed by atoms with Crippen LogP contribution in [-0.2, 0) is 26.2 Å². The summed E-state index contributed by atoms with van der Waals surface area (Å²) in [6.45, 7) is 7.17. The molecule has 0 aliphatic heterocycles. The molecule has 0 spiro atoms. The molecule has 0 bridgehead atoms. The van der Waals surface area contributed by atoms with Gasteiger partial charge in [-0.3, -0.25) is 0 Å². The number of rotatable bonds is 1. The number of halogens is 2. The number of benzene rings is 1. The summed E-state index contributed by atoms with van der Waals surface area (Å²) in [5.41, 5.74) is 0. The fraction of sp³-hybridized carbons (Fsp3) is 0.250. The molecular weight excluding hydrogens is 334 g/mol. The van der Waals surface area contributed by atoms with Crippen molar-refractivity contribution in [2.45, 2.75) is 19.6 Å². The van der Waals surface area contributed by atoms with Gasteiger partial charge in [0.2, 0.25) is 0 Å². The minimum Gasteiger partial charge on any atom is -1.00 e. The molecule has 0 N–H and O–H groups in total. The van der Waals surface area contributed by atoms with Gasteiger partial charge in [0.25, 0.3) is 0 Å². The Morgan fingerprint density at radius 1 is 1.00 bits per heavy atom. The molecule has 0 atom stereocenters. The summed E-state index contributed by atoms with van der Waals surface area (Å²) in [4.78, 5) is 0. The number of fused-ring (bicyclic) bond motifs is 1. The number of hydrogen-bond acceptors (Lipinski definition) is 0. The van der Waals surface area contributed by atoms with Crippen molar-refractivity contribution in [1.29, 1.82) is 0 Å². The summed E-state index contributed by atoms with van der Waals surface area (Å²) in [5.74, 6) is 0. The summed E-state index contributed by atoms with van der Waals surface area (Å²) in [5, 5.41) is 4.34. The summed E-state index contributed by atoms with van der Waals surface area (Å²) in [6, 6.07) is 13.3. The van der Waals surface area contributed by atoms with E-state index < -0.39 is 8.07 Å². The Labute approximate surface area is 130 Å². The molecule has 1 radical (unpaired) electrons. The molecule has 0 nitrogen and oxygen atoms in total. The van der Waals surface area contributed by atoms with Crippen molar-refractivity contribution in [3.63, 3.8) is 0 Å². The summed E-state index contributed by atoms with van der Waals surface area (Å²) >= 11 is 0. The molecule has 2 aromatic carbocycles. The van der Waals surface area contributed by atoms with Gasteiger partial charge in [-0.1, -0.05) is 25.7 Å². The fourth-order valence-corrected chi connectivity index (χ4v) is 2.76. The minimum atomic E-state index is -1.12. The van der Waals surface area contributed by atoms with E-state index in [0.29, 0.717) is 0 Å². The quantitative estimate of drug-likeness (QED) is 0.383. The molecule has 0 heterocycles. The third-order valence-corrected chi connectivity index (χ3v) is 4.50. The zero-order chi connectivity index (χ0) is 9.47. The first kappa shape index (κ1) is 18.9. The van der Waals surface area contributed by atoms with Crippen LogP contribution in [0.2, 0.25) is 19.6 Å². The first-order chi connectivity index (χ1) is 6.07. The Morgan fingerprint density at radius 2 is 1.56 bits per heavy atom. The predicted octanol–water partition coefficient (Wildman–Crippen LogP) is -2.89. The minimum absolute atomic E-state index is 0. The van der Waals surface area contributed by atoms with Gasteiger partial charge in [-0.15, -0.1) is 34.8 Å². The van der Waals surface area contributed by atoms with Crippen LogP contribution in [0.15, 0.2) is 36.4 Å². The Balaban J connectivity index is 0. The zero-order valence-corrected chi connectivity index (χ0v) is 14.7. The van der Waals surface area contributed by atoms with Gasteiger partial charge in [0, 0.05) is 0 Å². The zero-order valence-electron chi connectivity index (χ0n) is 9.72. The summed E-state index contributed by atoms with van der Waals surface area (Å²) < 4.78 is 0. The molecule has 0 aromatic heterocycles. The second-order valence-electron chi connectivity index (χ2n) is 4.62. The van der Waals surface area contributed by atoms with Gasteiger partial charge >= 0.3 is 26.2 Å². The van der Waals surface area contributed by atoms with Gasteiger partial charge in [-0.2, -0.15) is 11.5 Å². The van der Waals surface area contributed by atoms with E-state index in [1.807, 2.05) is 0 Å². The van der Waals surface area contributed by atoms with Crippen LogP contribution in [0.4, 0.5) is 0 Å². The van der Waals surface area contributed by atoms with Crippen LogP contribution in [0, 0.1) is 0 Å². The molecule has 0 saturated heterocycles. The van der Waals surface area contributed by atoms with E-state index >= 15 is 0 Å². The number of hydrogen-bond donors (Lipinski definition) is 0. The van der Waals surface area contributed by atoms with Crippen molar-refractivity contribution < 1.29 is 51.0 Å². The van der Waals surface area contributed by atoms with Crippen LogP contribution in [0.1, 0.15) is 0 Å². The van der Waals surface area contributed by atoms with Crippen LogP contribution >= 0.6 is 0 Å². The fourth-order valence-electron chi connectivity index (χ4n) is 1.58. The van der Waals surface area contributed by atoms with Crippen molar-refractivity contribution in [1.82, 2.24) is 0 Å². The van der Waals surface area contributed by atoms with Gasteiger partial charge in [0.15, 0.2) is 0 Å². The van der Waals surface area contributed by atoms with Crippen molar-refractivity contribution in [2.75, 3.05) is 0 Å². The Morgan fingerprint density at radius 3 is 2.06 bits per heavy atom. The molecule has 0 saturated carbocycles. The monoisotopic (exact) mass is 347 g/mol. The van der Waals surface area contributed by atoms with Crippen molar-refractivity contribution in [2.24, 2.45) is 0 Å². The molecule has 0 aliphatic carbocycles. The third-order valence-electron chi connectivity index (χ3n) is 2.48. The SMILES string of the molecule is C[Si](C)(C)c1cc2ccccc2[cH-]1.[Cl-].[Cl-].[Zr+3]. The van der Waals surface area contributed by atoms with Crippen LogP contribution in [0.3, 0.4) is 0 Å². The first-order valence-electron chi connectivity index (χ1n) is 4.73. The average Bonchev–Trinajstić information content (AvgIpc) is 2.45.